The molecule has 0 spiro atoms. The average molecular weight is 180 g/mol. The minimum atomic E-state index is -0.933. The van der Waals surface area contributed by atoms with Crippen molar-refractivity contribution < 1.29 is 9.90 Å². The van der Waals surface area contributed by atoms with Gasteiger partial charge in [0, 0.05) is 0 Å². The Morgan fingerprint density at radius 2 is 2.00 bits per heavy atom. The van der Waals surface area contributed by atoms with E-state index in [1.807, 2.05) is 0 Å². The maximum atomic E-state index is 10.1. The molecule has 0 rings (SSSR count). The van der Waals surface area contributed by atoms with Crippen LogP contribution in [0.2, 0.25) is 0 Å². The monoisotopic (exact) mass is 180 g/mol. The highest BCUT2D eigenvalue weighted by Crippen LogP contribution is 1.96. The number of carboxylic acid groups (broad SMARTS) is 1. The molecular formula is C6H16N2O2S. The molecule has 0 aliphatic carbocycles. The largest absolute Gasteiger partial charge is 0.480 e. The summed E-state index contributed by atoms with van der Waals surface area (Å²) in [6, 6.07) is -0.716. The van der Waals surface area contributed by atoms with Crippen LogP contribution in [-0.4, -0.2) is 23.7 Å². The molecule has 68 valence electrons. The van der Waals surface area contributed by atoms with Crippen molar-refractivity contribution in [1.82, 2.24) is 0 Å². The fourth-order valence-electron chi connectivity index (χ4n) is 0.632. The van der Waals surface area contributed by atoms with Gasteiger partial charge < -0.3 is 16.6 Å². The topological polar surface area (TPSA) is 89.3 Å². The SMILES string of the molecule is NCCCCC(N)C(=O)O.S. The lowest BCUT2D eigenvalue weighted by Gasteiger charge is -2.03. The first-order chi connectivity index (χ1) is 4.68. The van der Waals surface area contributed by atoms with Crippen molar-refractivity contribution in [2.75, 3.05) is 6.54 Å². The number of nitrogens with two attached hydrogens (primary N) is 2. The first-order valence-corrected chi connectivity index (χ1v) is 3.37. The molecular weight excluding hydrogens is 164 g/mol. The van der Waals surface area contributed by atoms with E-state index in [1.54, 1.807) is 0 Å². The molecule has 5 heteroatoms. The van der Waals surface area contributed by atoms with E-state index in [2.05, 4.69) is 0 Å². The summed E-state index contributed by atoms with van der Waals surface area (Å²) < 4.78 is 0. The fourth-order valence-corrected chi connectivity index (χ4v) is 0.632. The highest BCUT2D eigenvalue weighted by molar-refractivity contribution is 7.59. The van der Waals surface area contributed by atoms with Crippen LogP contribution in [0.1, 0.15) is 19.3 Å². The Labute approximate surface area is 73.4 Å². The molecule has 4 nitrogen and oxygen atoms in total. The van der Waals surface area contributed by atoms with Crippen molar-refractivity contribution in [3.8, 4) is 0 Å². The van der Waals surface area contributed by atoms with Gasteiger partial charge in [0.25, 0.3) is 0 Å². The standard InChI is InChI=1S/C6H14N2O2.H2S/c7-4-2-1-3-5(8)6(9)10;/h5H,1-4,7-8H2,(H,9,10);1H2. The Bertz CT molecular complexity index is 111. The number of carbonyl (C=O) groups is 1. The summed E-state index contributed by atoms with van der Waals surface area (Å²) in [5.41, 5.74) is 10.4. The number of carboxylic acids is 1. The summed E-state index contributed by atoms with van der Waals surface area (Å²) >= 11 is 0. The first kappa shape index (κ1) is 13.3. The number of hydrogen-bond donors (Lipinski definition) is 3. The van der Waals surface area contributed by atoms with Crippen LogP contribution in [0, 0.1) is 0 Å². The summed E-state index contributed by atoms with van der Waals surface area (Å²) in [5.74, 6) is -0.933. The van der Waals surface area contributed by atoms with Crippen molar-refractivity contribution in [2.45, 2.75) is 25.3 Å². The van der Waals surface area contributed by atoms with Crippen molar-refractivity contribution in [3.05, 3.63) is 0 Å². The maximum Gasteiger partial charge on any atom is 0.320 e. The van der Waals surface area contributed by atoms with Gasteiger partial charge in [0.05, 0.1) is 0 Å². The molecule has 0 heterocycles. The van der Waals surface area contributed by atoms with Gasteiger partial charge in [-0.15, -0.1) is 0 Å². The molecule has 0 fully saturated rings. The van der Waals surface area contributed by atoms with Crippen LogP contribution in [0.15, 0.2) is 0 Å². The van der Waals surface area contributed by atoms with Gasteiger partial charge >= 0.3 is 5.97 Å². The second-order valence-corrected chi connectivity index (χ2v) is 2.23. The minimum Gasteiger partial charge on any atom is -0.480 e. The first-order valence-electron chi connectivity index (χ1n) is 3.37. The van der Waals surface area contributed by atoms with E-state index in [0.717, 1.165) is 12.8 Å². The molecule has 0 aromatic heterocycles. The highest BCUT2D eigenvalue weighted by Gasteiger charge is 2.09. The predicted molar refractivity (Wildman–Crippen MR) is 48.9 cm³/mol. The summed E-state index contributed by atoms with van der Waals surface area (Å²) in [6.07, 6.45) is 2.16. The Morgan fingerprint density at radius 3 is 2.36 bits per heavy atom. The average Bonchev–Trinajstić information content (AvgIpc) is 1.88. The Hall–Kier alpha value is -0.260. The molecule has 0 aliphatic heterocycles. The van der Waals surface area contributed by atoms with Crippen LogP contribution in [0.25, 0.3) is 0 Å². The summed E-state index contributed by atoms with van der Waals surface area (Å²) in [7, 11) is 0. The highest BCUT2D eigenvalue weighted by atomic mass is 32.1. The third-order valence-corrected chi connectivity index (χ3v) is 1.29. The van der Waals surface area contributed by atoms with Gasteiger partial charge in [0.15, 0.2) is 0 Å². The Morgan fingerprint density at radius 1 is 1.45 bits per heavy atom. The molecule has 0 aromatic rings. The Balaban J connectivity index is 0. The number of unbranched alkanes of at least 4 members (excludes halogenated alkanes) is 1. The van der Waals surface area contributed by atoms with E-state index in [1.165, 1.54) is 0 Å². The lowest BCUT2D eigenvalue weighted by molar-refractivity contribution is -0.138. The number of hydrogen-bond acceptors (Lipinski definition) is 3. The molecule has 5 N–H and O–H groups in total. The number of rotatable bonds is 5. The van der Waals surface area contributed by atoms with Crippen LogP contribution < -0.4 is 11.5 Å². The third kappa shape index (κ3) is 7.64. The van der Waals surface area contributed by atoms with Gasteiger partial charge in [-0.05, 0) is 19.4 Å². The molecule has 0 radical (unpaired) electrons. The van der Waals surface area contributed by atoms with Gasteiger partial charge in [-0.25, -0.2) is 0 Å². The molecule has 0 aromatic carbocycles. The van der Waals surface area contributed by atoms with E-state index in [9.17, 15) is 4.79 Å². The maximum absolute atomic E-state index is 10.1. The lowest BCUT2D eigenvalue weighted by Crippen LogP contribution is -2.29. The number of aliphatic carboxylic acids is 1. The van der Waals surface area contributed by atoms with Gasteiger partial charge in [-0.1, -0.05) is 6.42 Å². The van der Waals surface area contributed by atoms with Gasteiger partial charge in [0.1, 0.15) is 6.04 Å². The molecule has 11 heavy (non-hydrogen) atoms. The summed E-state index contributed by atoms with van der Waals surface area (Å²) in [4.78, 5) is 10.1. The molecule has 0 bridgehead atoms. The van der Waals surface area contributed by atoms with E-state index >= 15 is 0 Å². The second-order valence-electron chi connectivity index (χ2n) is 2.23. The third-order valence-electron chi connectivity index (χ3n) is 1.29. The van der Waals surface area contributed by atoms with Crippen molar-refractivity contribution in [2.24, 2.45) is 11.5 Å². The molecule has 0 aliphatic rings. The zero-order valence-electron chi connectivity index (χ0n) is 6.42. The van der Waals surface area contributed by atoms with Crippen LogP contribution >= 0.6 is 13.5 Å². The quantitative estimate of drug-likeness (QED) is 0.504. The summed E-state index contributed by atoms with van der Waals surface area (Å²) in [6.45, 7) is 0.604. The van der Waals surface area contributed by atoms with Crippen LogP contribution in [0.4, 0.5) is 0 Å². The second kappa shape index (κ2) is 7.84. The lowest BCUT2D eigenvalue weighted by atomic mass is 10.1. The van der Waals surface area contributed by atoms with E-state index in [-0.39, 0.29) is 13.5 Å². The molecule has 1 unspecified atom stereocenters. The van der Waals surface area contributed by atoms with Gasteiger partial charge in [-0.3, -0.25) is 4.79 Å². The minimum absolute atomic E-state index is 0. The van der Waals surface area contributed by atoms with E-state index in [4.69, 9.17) is 16.6 Å². The zero-order valence-corrected chi connectivity index (χ0v) is 7.42. The molecule has 1 atom stereocenters. The molecule has 0 saturated carbocycles. The van der Waals surface area contributed by atoms with Crippen molar-refractivity contribution >= 4 is 19.5 Å². The molecule has 0 amide bonds. The van der Waals surface area contributed by atoms with Crippen molar-refractivity contribution in [1.29, 1.82) is 0 Å². The van der Waals surface area contributed by atoms with Crippen LogP contribution in [0.5, 0.6) is 0 Å². The zero-order chi connectivity index (χ0) is 7.98. The normalized spacial score (nSPS) is 11.8. The smallest absolute Gasteiger partial charge is 0.320 e. The van der Waals surface area contributed by atoms with Crippen LogP contribution in [0.3, 0.4) is 0 Å². The fraction of sp³-hybridized carbons (Fsp3) is 0.833. The van der Waals surface area contributed by atoms with Crippen molar-refractivity contribution in [3.63, 3.8) is 0 Å². The van der Waals surface area contributed by atoms with Crippen LogP contribution in [-0.2, 0) is 4.79 Å². The Kier molecular flexibility index (Phi) is 9.51. The molecule has 0 saturated heterocycles. The van der Waals surface area contributed by atoms with Gasteiger partial charge in [0.2, 0.25) is 0 Å². The summed E-state index contributed by atoms with van der Waals surface area (Å²) in [5, 5.41) is 8.33. The predicted octanol–water partition coefficient (Wildman–Crippen LogP) is -0.360. The van der Waals surface area contributed by atoms with E-state index < -0.39 is 12.0 Å². The van der Waals surface area contributed by atoms with E-state index in [0.29, 0.717) is 13.0 Å². The van der Waals surface area contributed by atoms with Gasteiger partial charge in [-0.2, -0.15) is 13.5 Å².